The van der Waals surface area contributed by atoms with Crippen LogP contribution in [0.1, 0.15) is 5.56 Å². The van der Waals surface area contributed by atoms with E-state index in [1.54, 1.807) is 12.1 Å². The van der Waals surface area contributed by atoms with Gasteiger partial charge in [0.2, 0.25) is 0 Å². The van der Waals surface area contributed by atoms with Crippen molar-refractivity contribution in [1.29, 1.82) is 0 Å². The van der Waals surface area contributed by atoms with Gasteiger partial charge in [-0.25, -0.2) is 14.6 Å². The Kier molecular flexibility index (Phi) is 5.10. The van der Waals surface area contributed by atoms with Crippen molar-refractivity contribution < 1.29 is 14.3 Å². The summed E-state index contributed by atoms with van der Waals surface area (Å²) in [5.41, 5.74) is 2.38. The maximum Gasteiger partial charge on any atom is 0.411 e. The molecule has 0 aliphatic carbocycles. The SMILES string of the molecule is COC(=O)Nc1ccc(CNC(=O)Nc2nc3ccccc3s2)cc1. The number of methoxy groups -OCH3 is 1. The molecular weight excluding hydrogens is 340 g/mol. The summed E-state index contributed by atoms with van der Waals surface area (Å²) in [7, 11) is 1.30. The lowest BCUT2D eigenvalue weighted by atomic mass is 10.2. The number of rotatable bonds is 4. The van der Waals surface area contributed by atoms with E-state index in [-0.39, 0.29) is 6.03 Å². The Morgan fingerprint density at radius 2 is 1.84 bits per heavy atom. The normalized spacial score (nSPS) is 10.3. The standard InChI is InChI=1S/C17H16N4O3S/c1-24-17(23)19-12-8-6-11(7-9-12)10-18-15(22)21-16-20-13-4-2-3-5-14(13)25-16/h2-9H,10H2,1H3,(H,19,23)(H2,18,20,21,22). The molecular formula is C17H16N4O3S. The second-order valence-electron chi connectivity index (χ2n) is 5.11. The summed E-state index contributed by atoms with van der Waals surface area (Å²) in [4.78, 5) is 27.5. The highest BCUT2D eigenvalue weighted by molar-refractivity contribution is 7.22. The Labute approximate surface area is 148 Å². The number of ether oxygens (including phenoxy) is 1. The minimum absolute atomic E-state index is 0.323. The quantitative estimate of drug-likeness (QED) is 0.663. The summed E-state index contributed by atoms with van der Waals surface area (Å²) < 4.78 is 5.54. The molecule has 0 atom stereocenters. The van der Waals surface area contributed by atoms with Crippen molar-refractivity contribution in [2.45, 2.75) is 6.54 Å². The summed E-state index contributed by atoms with van der Waals surface area (Å²) in [5, 5.41) is 8.61. The molecule has 128 valence electrons. The molecule has 1 heterocycles. The van der Waals surface area contributed by atoms with Gasteiger partial charge in [0.1, 0.15) is 0 Å². The van der Waals surface area contributed by atoms with Crippen molar-refractivity contribution in [2.24, 2.45) is 0 Å². The molecule has 8 heteroatoms. The van der Waals surface area contributed by atoms with Gasteiger partial charge in [-0.2, -0.15) is 0 Å². The molecule has 0 unspecified atom stereocenters. The number of benzene rings is 2. The number of nitrogens with zero attached hydrogens (tertiary/aromatic N) is 1. The molecule has 0 saturated heterocycles. The third-order valence-corrected chi connectivity index (χ3v) is 4.30. The number of para-hydroxylation sites is 1. The molecule has 0 spiro atoms. The van der Waals surface area contributed by atoms with Gasteiger partial charge in [-0.1, -0.05) is 35.6 Å². The van der Waals surface area contributed by atoms with Crippen molar-refractivity contribution in [2.75, 3.05) is 17.7 Å². The number of hydrogen-bond donors (Lipinski definition) is 3. The first-order chi connectivity index (χ1) is 12.1. The van der Waals surface area contributed by atoms with Crippen LogP contribution < -0.4 is 16.0 Å². The Morgan fingerprint density at radius 3 is 2.56 bits per heavy atom. The Balaban J connectivity index is 1.52. The fourth-order valence-electron chi connectivity index (χ4n) is 2.12. The van der Waals surface area contributed by atoms with Crippen LogP contribution >= 0.6 is 11.3 Å². The topological polar surface area (TPSA) is 92.4 Å². The van der Waals surface area contributed by atoms with E-state index in [2.05, 4.69) is 25.7 Å². The van der Waals surface area contributed by atoms with Gasteiger partial charge in [0.25, 0.3) is 0 Å². The highest BCUT2D eigenvalue weighted by atomic mass is 32.1. The molecule has 0 fully saturated rings. The number of thiazole rings is 1. The largest absolute Gasteiger partial charge is 0.453 e. The highest BCUT2D eigenvalue weighted by Gasteiger charge is 2.07. The van der Waals surface area contributed by atoms with Crippen molar-refractivity contribution in [1.82, 2.24) is 10.3 Å². The number of urea groups is 1. The number of hydrogen-bond acceptors (Lipinski definition) is 5. The molecule has 0 saturated carbocycles. The fraction of sp³-hybridized carbons (Fsp3) is 0.118. The zero-order chi connectivity index (χ0) is 17.6. The van der Waals surface area contributed by atoms with Gasteiger partial charge in [-0.05, 0) is 29.8 Å². The average molecular weight is 356 g/mol. The van der Waals surface area contributed by atoms with E-state index in [0.717, 1.165) is 15.8 Å². The fourth-order valence-corrected chi connectivity index (χ4v) is 2.99. The van der Waals surface area contributed by atoms with E-state index in [1.807, 2.05) is 36.4 Å². The lowest BCUT2D eigenvalue weighted by molar-refractivity contribution is 0.187. The summed E-state index contributed by atoms with van der Waals surface area (Å²) in [6.45, 7) is 0.356. The summed E-state index contributed by atoms with van der Waals surface area (Å²) in [5.74, 6) is 0. The van der Waals surface area contributed by atoms with Gasteiger partial charge >= 0.3 is 12.1 Å². The molecule has 7 nitrogen and oxygen atoms in total. The van der Waals surface area contributed by atoms with Gasteiger partial charge in [-0.3, -0.25) is 10.6 Å². The first kappa shape index (κ1) is 16.7. The minimum Gasteiger partial charge on any atom is -0.453 e. The monoisotopic (exact) mass is 356 g/mol. The number of carbonyl (C=O) groups is 2. The number of amides is 3. The number of anilines is 2. The molecule has 3 aromatic rings. The molecule has 0 bridgehead atoms. The predicted molar refractivity (Wildman–Crippen MR) is 97.9 cm³/mol. The van der Waals surface area contributed by atoms with Crippen LogP contribution in [0.3, 0.4) is 0 Å². The number of carbonyl (C=O) groups excluding carboxylic acids is 2. The molecule has 0 radical (unpaired) electrons. The van der Waals surface area contributed by atoms with Crippen molar-refractivity contribution in [3.05, 3.63) is 54.1 Å². The van der Waals surface area contributed by atoms with Crippen LogP contribution in [0, 0.1) is 0 Å². The number of aromatic nitrogens is 1. The maximum atomic E-state index is 12.0. The second-order valence-corrected chi connectivity index (χ2v) is 6.14. The van der Waals surface area contributed by atoms with Crippen molar-refractivity contribution in [3.8, 4) is 0 Å². The molecule has 3 rings (SSSR count). The highest BCUT2D eigenvalue weighted by Crippen LogP contribution is 2.25. The molecule has 0 aliphatic heterocycles. The van der Waals surface area contributed by atoms with Crippen LogP contribution in [0.2, 0.25) is 0 Å². The van der Waals surface area contributed by atoms with Gasteiger partial charge in [0, 0.05) is 12.2 Å². The smallest absolute Gasteiger partial charge is 0.411 e. The van der Waals surface area contributed by atoms with Crippen molar-refractivity contribution in [3.63, 3.8) is 0 Å². The van der Waals surface area contributed by atoms with Crippen LogP contribution in [0.5, 0.6) is 0 Å². The van der Waals surface area contributed by atoms with Crippen LogP contribution in [0.4, 0.5) is 20.4 Å². The van der Waals surface area contributed by atoms with Crippen molar-refractivity contribution >= 4 is 44.5 Å². The summed E-state index contributed by atoms with van der Waals surface area (Å²) in [6.07, 6.45) is -0.527. The van der Waals surface area contributed by atoms with Gasteiger partial charge in [0.05, 0.1) is 17.3 Å². The lowest BCUT2D eigenvalue weighted by Gasteiger charge is -2.07. The maximum absolute atomic E-state index is 12.0. The van der Waals surface area contributed by atoms with Crippen LogP contribution in [-0.2, 0) is 11.3 Å². The third-order valence-electron chi connectivity index (χ3n) is 3.35. The van der Waals surface area contributed by atoms with Crippen LogP contribution in [0.15, 0.2) is 48.5 Å². The number of nitrogens with one attached hydrogen (secondary N) is 3. The number of fused-ring (bicyclic) bond motifs is 1. The van der Waals surface area contributed by atoms with Crippen LogP contribution in [0.25, 0.3) is 10.2 Å². The van der Waals surface area contributed by atoms with Gasteiger partial charge in [0.15, 0.2) is 5.13 Å². The molecule has 1 aromatic heterocycles. The first-order valence-electron chi connectivity index (χ1n) is 7.48. The Morgan fingerprint density at radius 1 is 1.08 bits per heavy atom. The van der Waals surface area contributed by atoms with Gasteiger partial charge in [-0.15, -0.1) is 0 Å². The average Bonchev–Trinajstić information content (AvgIpc) is 3.03. The van der Waals surface area contributed by atoms with E-state index >= 15 is 0 Å². The van der Waals surface area contributed by atoms with Gasteiger partial charge < -0.3 is 10.1 Å². The first-order valence-corrected chi connectivity index (χ1v) is 8.30. The van der Waals surface area contributed by atoms with E-state index in [9.17, 15) is 9.59 Å². The van der Waals surface area contributed by atoms with Crippen LogP contribution in [-0.4, -0.2) is 24.2 Å². The minimum atomic E-state index is -0.527. The zero-order valence-electron chi connectivity index (χ0n) is 13.4. The molecule has 0 aliphatic rings. The lowest BCUT2D eigenvalue weighted by Crippen LogP contribution is -2.28. The van der Waals surface area contributed by atoms with E-state index in [1.165, 1.54) is 18.4 Å². The Bertz CT molecular complexity index is 859. The molecule has 25 heavy (non-hydrogen) atoms. The Hall–Kier alpha value is -3.13. The van der Waals surface area contributed by atoms with E-state index in [4.69, 9.17) is 0 Å². The van der Waals surface area contributed by atoms with E-state index in [0.29, 0.717) is 17.4 Å². The molecule has 3 amide bonds. The molecule has 2 aromatic carbocycles. The summed E-state index contributed by atoms with van der Waals surface area (Å²) >= 11 is 1.42. The zero-order valence-corrected chi connectivity index (χ0v) is 14.2. The predicted octanol–water partition coefficient (Wildman–Crippen LogP) is 3.80. The second kappa shape index (κ2) is 7.63. The molecule has 3 N–H and O–H groups in total. The summed E-state index contributed by atoms with van der Waals surface area (Å²) in [6, 6.07) is 14.5. The third kappa shape index (κ3) is 4.45. The van der Waals surface area contributed by atoms with E-state index < -0.39 is 6.09 Å².